The van der Waals surface area contributed by atoms with Gasteiger partial charge in [0.05, 0.1) is 0 Å². The van der Waals surface area contributed by atoms with Gasteiger partial charge in [0.25, 0.3) is 0 Å². The Balaban J connectivity index is 1.80. The van der Waals surface area contributed by atoms with E-state index < -0.39 is 0 Å². The van der Waals surface area contributed by atoms with Gasteiger partial charge in [-0.15, -0.1) is 0 Å². The minimum atomic E-state index is -0.0505. The van der Waals surface area contributed by atoms with Crippen molar-refractivity contribution in [2.75, 3.05) is 19.6 Å². The lowest BCUT2D eigenvalue weighted by atomic mass is 10.0. The van der Waals surface area contributed by atoms with Crippen LogP contribution in [-0.2, 0) is 4.79 Å². The number of carbonyl (C=O) groups is 1. The Labute approximate surface area is 115 Å². The summed E-state index contributed by atoms with van der Waals surface area (Å²) in [5, 5.41) is 3.34. The minimum absolute atomic E-state index is 0.0505. The van der Waals surface area contributed by atoms with Crippen molar-refractivity contribution in [3.05, 3.63) is 35.9 Å². The first kappa shape index (κ1) is 14.0. The summed E-state index contributed by atoms with van der Waals surface area (Å²) in [6, 6.07) is 10.3. The highest BCUT2D eigenvalue weighted by Crippen LogP contribution is 2.16. The van der Waals surface area contributed by atoms with Crippen molar-refractivity contribution in [1.29, 1.82) is 0 Å². The van der Waals surface area contributed by atoms with E-state index in [1.807, 2.05) is 35.2 Å². The van der Waals surface area contributed by atoms with Crippen molar-refractivity contribution in [3.63, 3.8) is 0 Å². The van der Waals surface area contributed by atoms with Gasteiger partial charge in [-0.05, 0) is 18.9 Å². The summed E-state index contributed by atoms with van der Waals surface area (Å²) in [6.07, 6.45) is 1.24. The molecule has 0 aliphatic carbocycles. The Morgan fingerprint density at radius 1 is 1.47 bits per heavy atom. The van der Waals surface area contributed by atoms with Crippen molar-refractivity contribution in [2.45, 2.75) is 31.8 Å². The third-order valence-corrected chi connectivity index (χ3v) is 3.62. The molecule has 1 aliphatic heterocycles. The summed E-state index contributed by atoms with van der Waals surface area (Å²) in [5.74, 6) is 0.222. The Morgan fingerprint density at radius 2 is 2.21 bits per heavy atom. The molecule has 0 unspecified atom stereocenters. The highest BCUT2D eigenvalue weighted by molar-refractivity contribution is 5.76. The third kappa shape index (κ3) is 4.04. The first-order valence-electron chi connectivity index (χ1n) is 6.98. The molecule has 0 saturated carbocycles. The Kier molecular flexibility index (Phi) is 4.93. The molecular formula is C15H23N3O. The summed E-state index contributed by atoms with van der Waals surface area (Å²) < 4.78 is 0. The summed E-state index contributed by atoms with van der Waals surface area (Å²) in [5.41, 5.74) is 7.22. The number of nitrogens with one attached hydrogen (secondary N) is 1. The molecule has 1 fully saturated rings. The van der Waals surface area contributed by atoms with Gasteiger partial charge in [0.15, 0.2) is 0 Å². The molecule has 1 amide bonds. The fourth-order valence-corrected chi connectivity index (χ4v) is 2.46. The van der Waals surface area contributed by atoms with Crippen LogP contribution in [0.25, 0.3) is 0 Å². The van der Waals surface area contributed by atoms with Gasteiger partial charge in [-0.2, -0.15) is 0 Å². The highest BCUT2D eigenvalue weighted by Gasteiger charge is 2.20. The first-order chi connectivity index (χ1) is 9.16. The lowest BCUT2D eigenvalue weighted by Gasteiger charge is -2.32. The van der Waals surface area contributed by atoms with E-state index in [1.165, 1.54) is 0 Å². The molecule has 104 valence electrons. The standard InChI is InChI=1S/C15H23N3O/c1-12-11-18(10-9-17-12)15(19)8-7-14(16)13-5-3-2-4-6-13/h2-6,12,14,17H,7-11,16H2,1H3/t12-,14+/m1/s1. The molecule has 2 rings (SSSR count). The van der Waals surface area contributed by atoms with Gasteiger partial charge in [-0.25, -0.2) is 0 Å². The first-order valence-corrected chi connectivity index (χ1v) is 6.98. The van der Waals surface area contributed by atoms with Crippen LogP contribution >= 0.6 is 0 Å². The van der Waals surface area contributed by atoms with Crippen LogP contribution < -0.4 is 11.1 Å². The number of carbonyl (C=O) groups excluding carboxylic acids is 1. The van der Waals surface area contributed by atoms with E-state index in [4.69, 9.17) is 5.73 Å². The van der Waals surface area contributed by atoms with E-state index in [2.05, 4.69) is 12.2 Å². The van der Waals surface area contributed by atoms with Gasteiger partial charge in [0.1, 0.15) is 0 Å². The monoisotopic (exact) mass is 261 g/mol. The maximum atomic E-state index is 12.1. The van der Waals surface area contributed by atoms with Gasteiger partial charge < -0.3 is 16.0 Å². The lowest BCUT2D eigenvalue weighted by Crippen LogP contribution is -2.51. The maximum absolute atomic E-state index is 12.1. The number of hydrogen-bond donors (Lipinski definition) is 2. The van der Waals surface area contributed by atoms with Crippen molar-refractivity contribution in [1.82, 2.24) is 10.2 Å². The zero-order chi connectivity index (χ0) is 13.7. The predicted molar refractivity (Wildman–Crippen MR) is 76.6 cm³/mol. The number of nitrogens with zero attached hydrogens (tertiary/aromatic N) is 1. The minimum Gasteiger partial charge on any atom is -0.340 e. The van der Waals surface area contributed by atoms with Crippen molar-refractivity contribution >= 4 is 5.91 Å². The van der Waals surface area contributed by atoms with Crippen LogP contribution in [0.4, 0.5) is 0 Å². The van der Waals surface area contributed by atoms with Gasteiger partial charge >= 0.3 is 0 Å². The van der Waals surface area contributed by atoms with Gasteiger partial charge in [0.2, 0.25) is 5.91 Å². The molecule has 0 spiro atoms. The van der Waals surface area contributed by atoms with Crippen LogP contribution in [-0.4, -0.2) is 36.5 Å². The average molecular weight is 261 g/mol. The summed E-state index contributed by atoms with van der Waals surface area (Å²) in [6.45, 7) is 4.61. The normalized spacial score (nSPS) is 21.2. The molecule has 4 nitrogen and oxygen atoms in total. The number of amides is 1. The number of benzene rings is 1. The van der Waals surface area contributed by atoms with Gasteiger partial charge in [-0.3, -0.25) is 4.79 Å². The van der Waals surface area contributed by atoms with Gasteiger partial charge in [-0.1, -0.05) is 30.3 Å². The van der Waals surface area contributed by atoms with Crippen LogP contribution in [0.5, 0.6) is 0 Å². The summed E-state index contributed by atoms with van der Waals surface area (Å²) in [4.78, 5) is 14.1. The zero-order valence-electron chi connectivity index (χ0n) is 11.5. The zero-order valence-corrected chi connectivity index (χ0v) is 11.5. The van der Waals surface area contributed by atoms with E-state index in [0.717, 1.165) is 25.2 Å². The van der Waals surface area contributed by atoms with Crippen molar-refractivity contribution < 1.29 is 4.79 Å². The molecule has 1 saturated heterocycles. The SMILES string of the molecule is C[C@@H]1CN(C(=O)CC[C@H](N)c2ccccc2)CCN1. The van der Waals surface area contributed by atoms with E-state index in [1.54, 1.807) is 0 Å². The quantitative estimate of drug-likeness (QED) is 0.858. The maximum Gasteiger partial charge on any atom is 0.222 e. The number of piperazine rings is 1. The van der Waals surface area contributed by atoms with E-state index in [0.29, 0.717) is 18.9 Å². The van der Waals surface area contributed by atoms with Crippen LogP contribution in [0.1, 0.15) is 31.4 Å². The second-order valence-electron chi connectivity index (χ2n) is 5.25. The molecule has 1 aromatic carbocycles. The largest absolute Gasteiger partial charge is 0.340 e. The summed E-state index contributed by atoms with van der Waals surface area (Å²) >= 11 is 0. The van der Waals surface area contributed by atoms with Gasteiger partial charge in [0, 0.05) is 38.1 Å². The molecule has 19 heavy (non-hydrogen) atoms. The molecule has 0 radical (unpaired) electrons. The van der Waals surface area contributed by atoms with E-state index in [9.17, 15) is 4.79 Å². The second-order valence-corrected chi connectivity index (χ2v) is 5.25. The van der Waals surface area contributed by atoms with E-state index in [-0.39, 0.29) is 11.9 Å². The van der Waals surface area contributed by atoms with Crippen molar-refractivity contribution in [3.8, 4) is 0 Å². The molecule has 0 bridgehead atoms. The molecule has 3 N–H and O–H groups in total. The fourth-order valence-electron chi connectivity index (χ4n) is 2.46. The average Bonchev–Trinajstić information content (AvgIpc) is 2.45. The number of nitrogens with two attached hydrogens (primary N) is 1. The molecule has 4 heteroatoms. The Bertz CT molecular complexity index is 407. The molecule has 2 atom stereocenters. The Morgan fingerprint density at radius 3 is 2.89 bits per heavy atom. The molecule has 1 aromatic rings. The third-order valence-electron chi connectivity index (χ3n) is 3.62. The molecular weight excluding hydrogens is 238 g/mol. The van der Waals surface area contributed by atoms with Crippen LogP contribution in [0, 0.1) is 0 Å². The number of hydrogen-bond acceptors (Lipinski definition) is 3. The Hall–Kier alpha value is -1.39. The molecule has 1 aliphatic rings. The lowest BCUT2D eigenvalue weighted by molar-refractivity contribution is -0.132. The second kappa shape index (κ2) is 6.68. The van der Waals surface area contributed by atoms with Crippen LogP contribution in [0.15, 0.2) is 30.3 Å². The number of rotatable bonds is 4. The van der Waals surface area contributed by atoms with Crippen LogP contribution in [0.2, 0.25) is 0 Å². The molecule has 1 heterocycles. The summed E-state index contributed by atoms with van der Waals surface area (Å²) in [7, 11) is 0. The predicted octanol–water partition coefficient (Wildman–Crippen LogP) is 1.29. The fraction of sp³-hybridized carbons (Fsp3) is 0.533. The van der Waals surface area contributed by atoms with Crippen LogP contribution in [0.3, 0.4) is 0 Å². The topological polar surface area (TPSA) is 58.4 Å². The smallest absolute Gasteiger partial charge is 0.222 e. The molecule has 0 aromatic heterocycles. The van der Waals surface area contributed by atoms with E-state index >= 15 is 0 Å². The highest BCUT2D eigenvalue weighted by atomic mass is 16.2. The van der Waals surface area contributed by atoms with Crippen molar-refractivity contribution in [2.24, 2.45) is 5.73 Å².